The lowest BCUT2D eigenvalue weighted by Gasteiger charge is -2.14. The molecule has 41 heavy (non-hydrogen) atoms. The van der Waals surface area contributed by atoms with E-state index in [1.54, 1.807) is 43.3 Å². The molecule has 0 saturated carbocycles. The Bertz CT molecular complexity index is 1910. The maximum Gasteiger partial charge on any atom is 0.416 e. The van der Waals surface area contributed by atoms with Crippen LogP contribution in [-0.2, 0) is 6.18 Å². The van der Waals surface area contributed by atoms with Gasteiger partial charge >= 0.3 is 6.18 Å². The fraction of sp³-hybridized carbons (Fsp3) is 0.138. The number of ether oxygens (including phenoxy) is 1. The summed E-state index contributed by atoms with van der Waals surface area (Å²) in [5.74, 6) is 0.230. The lowest BCUT2D eigenvalue weighted by Crippen LogP contribution is -2.20. The minimum absolute atomic E-state index is 0.0538. The van der Waals surface area contributed by atoms with Crippen LogP contribution in [0.15, 0.2) is 82.7 Å². The third-order valence-corrected chi connectivity index (χ3v) is 6.60. The van der Waals surface area contributed by atoms with Gasteiger partial charge in [-0.25, -0.2) is 4.98 Å². The lowest BCUT2D eigenvalue weighted by molar-refractivity contribution is -0.384. The van der Waals surface area contributed by atoms with Gasteiger partial charge in [0.05, 0.1) is 46.5 Å². The first-order chi connectivity index (χ1) is 19.5. The molecule has 5 aromatic rings. The predicted octanol–water partition coefficient (Wildman–Crippen LogP) is 6.29. The first-order valence-electron chi connectivity index (χ1n) is 12.2. The van der Waals surface area contributed by atoms with Gasteiger partial charge in [-0.3, -0.25) is 14.9 Å². The minimum Gasteiger partial charge on any atom is -0.494 e. The summed E-state index contributed by atoms with van der Waals surface area (Å²) in [7, 11) is 1.41. The van der Waals surface area contributed by atoms with Gasteiger partial charge in [-0.05, 0) is 50.2 Å². The fourth-order valence-corrected chi connectivity index (χ4v) is 4.63. The number of halogens is 3. The summed E-state index contributed by atoms with van der Waals surface area (Å²) < 4.78 is 48.6. The van der Waals surface area contributed by atoms with Crippen molar-refractivity contribution in [2.24, 2.45) is 5.10 Å². The van der Waals surface area contributed by atoms with Crippen LogP contribution in [0.25, 0.3) is 28.0 Å². The molecule has 208 valence electrons. The standard InChI is InChI=1S/C29H22F3N5O4/c1-17-13-20(18(2)35(17)25-12-11-22(37(39)40)15-26(25)41-3)16-33-36-27(19-7-6-8-21(14-19)29(30,31)32)34-24-10-5-4-9-23(24)28(36)38/h4-16H,1-3H3. The van der Waals surface area contributed by atoms with Gasteiger partial charge in [0.15, 0.2) is 5.82 Å². The quantitative estimate of drug-likeness (QED) is 0.138. The van der Waals surface area contributed by atoms with Crippen molar-refractivity contribution in [3.8, 4) is 22.8 Å². The van der Waals surface area contributed by atoms with Gasteiger partial charge < -0.3 is 9.30 Å². The molecule has 5 rings (SSSR count). The first kappa shape index (κ1) is 27.3. The Morgan fingerprint density at radius 3 is 2.49 bits per heavy atom. The van der Waals surface area contributed by atoms with Gasteiger partial charge in [0.2, 0.25) is 0 Å². The van der Waals surface area contributed by atoms with E-state index in [4.69, 9.17) is 4.74 Å². The van der Waals surface area contributed by atoms with Crippen LogP contribution in [0.3, 0.4) is 0 Å². The highest BCUT2D eigenvalue weighted by atomic mass is 19.4. The number of nitro benzene ring substituents is 1. The second-order valence-corrected chi connectivity index (χ2v) is 9.17. The minimum atomic E-state index is -4.59. The number of benzene rings is 3. The molecule has 0 amide bonds. The van der Waals surface area contributed by atoms with E-state index >= 15 is 0 Å². The van der Waals surface area contributed by atoms with Crippen LogP contribution < -0.4 is 10.3 Å². The molecule has 0 atom stereocenters. The van der Waals surface area contributed by atoms with Gasteiger partial charge in [0.25, 0.3) is 11.2 Å². The van der Waals surface area contributed by atoms with Crippen LogP contribution in [0.2, 0.25) is 0 Å². The molecule has 0 saturated heterocycles. The Hall–Kier alpha value is -5.26. The second-order valence-electron chi connectivity index (χ2n) is 9.17. The van der Waals surface area contributed by atoms with E-state index in [9.17, 15) is 28.1 Å². The van der Waals surface area contributed by atoms with Crippen molar-refractivity contribution < 1.29 is 22.8 Å². The Kier molecular flexibility index (Phi) is 6.91. The molecular formula is C29H22F3N5O4. The number of hydrogen-bond donors (Lipinski definition) is 0. The molecule has 0 fully saturated rings. The smallest absolute Gasteiger partial charge is 0.416 e. The van der Waals surface area contributed by atoms with Crippen molar-refractivity contribution in [3.05, 3.63) is 116 Å². The van der Waals surface area contributed by atoms with Gasteiger partial charge in [-0.2, -0.15) is 22.9 Å². The highest BCUT2D eigenvalue weighted by Crippen LogP contribution is 2.33. The van der Waals surface area contributed by atoms with E-state index in [2.05, 4.69) is 10.1 Å². The zero-order valence-corrected chi connectivity index (χ0v) is 22.0. The van der Waals surface area contributed by atoms with Crippen molar-refractivity contribution in [2.75, 3.05) is 7.11 Å². The highest BCUT2D eigenvalue weighted by Gasteiger charge is 2.31. The molecule has 12 heteroatoms. The highest BCUT2D eigenvalue weighted by molar-refractivity contribution is 5.84. The van der Waals surface area contributed by atoms with Crippen LogP contribution in [0.1, 0.15) is 22.5 Å². The van der Waals surface area contributed by atoms with Crippen molar-refractivity contribution in [2.45, 2.75) is 20.0 Å². The van der Waals surface area contributed by atoms with Crippen molar-refractivity contribution in [1.82, 2.24) is 14.2 Å². The monoisotopic (exact) mass is 561 g/mol. The average molecular weight is 562 g/mol. The SMILES string of the molecule is COc1cc([N+](=O)[O-])ccc1-n1c(C)cc(C=Nn2c(-c3cccc(C(F)(F)F)c3)nc3ccccc3c2=O)c1C. The number of rotatable bonds is 6. The predicted molar refractivity (Wildman–Crippen MR) is 148 cm³/mol. The molecule has 0 unspecified atom stereocenters. The van der Waals surface area contributed by atoms with Crippen molar-refractivity contribution >= 4 is 22.8 Å². The zero-order valence-electron chi connectivity index (χ0n) is 22.0. The Labute approximate surface area is 230 Å². The van der Waals surface area contributed by atoms with Gasteiger partial charge in [0, 0.05) is 28.6 Å². The molecule has 0 radical (unpaired) electrons. The number of nitrogens with zero attached hydrogens (tertiary/aromatic N) is 5. The van der Waals surface area contributed by atoms with Crippen LogP contribution >= 0.6 is 0 Å². The average Bonchev–Trinajstić information content (AvgIpc) is 3.23. The summed E-state index contributed by atoms with van der Waals surface area (Å²) in [5.41, 5.74) is 1.42. The molecule has 0 aliphatic rings. The topological polar surface area (TPSA) is 105 Å². The summed E-state index contributed by atoms with van der Waals surface area (Å²) in [4.78, 5) is 28.7. The zero-order chi connectivity index (χ0) is 29.5. The summed E-state index contributed by atoms with van der Waals surface area (Å²) in [5, 5.41) is 15.9. The van der Waals surface area contributed by atoms with E-state index in [0.717, 1.165) is 22.5 Å². The Morgan fingerprint density at radius 2 is 1.78 bits per heavy atom. The van der Waals surface area contributed by atoms with E-state index in [1.807, 2.05) is 11.5 Å². The van der Waals surface area contributed by atoms with Crippen LogP contribution in [0.4, 0.5) is 18.9 Å². The summed E-state index contributed by atoms with van der Waals surface area (Å²) >= 11 is 0. The van der Waals surface area contributed by atoms with Gasteiger partial charge in [0.1, 0.15) is 5.75 Å². The third kappa shape index (κ3) is 5.07. The molecule has 3 aromatic carbocycles. The number of aromatic nitrogens is 3. The van der Waals surface area contributed by atoms with Crippen LogP contribution in [0.5, 0.6) is 5.75 Å². The summed E-state index contributed by atoms with van der Waals surface area (Å²) in [6.45, 7) is 3.62. The van der Waals surface area contributed by atoms with Gasteiger partial charge in [-0.1, -0.05) is 24.3 Å². The molecule has 0 aliphatic carbocycles. The normalized spacial score (nSPS) is 11.9. The molecule has 2 heterocycles. The number of aryl methyl sites for hydroxylation is 1. The van der Waals surface area contributed by atoms with Crippen LogP contribution in [-0.4, -0.2) is 32.5 Å². The number of methoxy groups -OCH3 is 1. The Morgan fingerprint density at radius 1 is 1.02 bits per heavy atom. The van der Waals surface area contributed by atoms with E-state index in [0.29, 0.717) is 22.5 Å². The van der Waals surface area contributed by atoms with Crippen molar-refractivity contribution in [1.29, 1.82) is 0 Å². The van der Waals surface area contributed by atoms with Crippen molar-refractivity contribution in [3.63, 3.8) is 0 Å². The number of alkyl halides is 3. The molecule has 9 nitrogen and oxygen atoms in total. The van der Waals surface area contributed by atoms with Gasteiger partial charge in [-0.15, -0.1) is 0 Å². The molecule has 2 aromatic heterocycles. The molecule has 0 N–H and O–H groups in total. The van der Waals surface area contributed by atoms with Crippen LogP contribution in [0, 0.1) is 24.0 Å². The largest absolute Gasteiger partial charge is 0.494 e. The molecule has 0 spiro atoms. The number of fused-ring (bicyclic) bond motifs is 1. The third-order valence-electron chi connectivity index (χ3n) is 6.60. The Balaban J connectivity index is 1.66. The molecular weight excluding hydrogens is 539 g/mol. The lowest BCUT2D eigenvalue weighted by atomic mass is 10.1. The number of para-hydroxylation sites is 1. The van der Waals surface area contributed by atoms with E-state index in [-0.39, 0.29) is 28.2 Å². The fourth-order valence-electron chi connectivity index (χ4n) is 4.63. The second kappa shape index (κ2) is 10.4. The first-order valence-corrected chi connectivity index (χ1v) is 12.2. The maximum absolute atomic E-state index is 13.5. The molecule has 0 aliphatic heterocycles. The number of hydrogen-bond acceptors (Lipinski definition) is 6. The number of non-ortho nitro benzene ring substituents is 1. The molecule has 0 bridgehead atoms. The van der Waals surface area contributed by atoms with E-state index in [1.165, 1.54) is 37.6 Å². The summed E-state index contributed by atoms with van der Waals surface area (Å²) in [6.07, 6.45) is -3.16. The van der Waals surface area contributed by atoms with E-state index < -0.39 is 22.2 Å². The number of nitro groups is 1. The maximum atomic E-state index is 13.5. The summed E-state index contributed by atoms with van der Waals surface area (Å²) in [6, 6.07) is 17.1.